The molecule has 5 fully saturated rings. The molecule has 0 radical (unpaired) electrons. The van der Waals surface area contributed by atoms with E-state index >= 15 is 0 Å². The van der Waals surface area contributed by atoms with Crippen LogP contribution in [-0.2, 0) is 19.1 Å². The van der Waals surface area contributed by atoms with Crippen LogP contribution in [0.2, 0.25) is 0 Å². The van der Waals surface area contributed by atoms with Gasteiger partial charge in [0, 0.05) is 24.7 Å². The monoisotopic (exact) mass is 497 g/mol. The normalized spacial score (nSPS) is 40.8. The van der Waals surface area contributed by atoms with Gasteiger partial charge in [-0.15, -0.1) is 23.2 Å². The van der Waals surface area contributed by atoms with E-state index in [1.165, 1.54) is 0 Å². The first kappa shape index (κ1) is 24.4. The predicted octanol–water partition coefficient (Wildman–Crippen LogP) is 2.29. The molecule has 2 bridgehead atoms. The topological polar surface area (TPSA) is 88.7 Å². The van der Waals surface area contributed by atoms with E-state index < -0.39 is 18.1 Å². The van der Waals surface area contributed by atoms with E-state index in [0.29, 0.717) is 51.6 Å². The summed E-state index contributed by atoms with van der Waals surface area (Å²) in [6, 6.07) is 0.0519. The van der Waals surface area contributed by atoms with Gasteiger partial charge in [-0.05, 0) is 51.4 Å². The molecule has 5 aliphatic rings. The lowest BCUT2D eigenvalue weighted by atomic mass is 9.39. The Morgan fingerprint density at radius 2 is 1.78 bits per heavy atom. The van der Waals surface area contributed by atoms with Gasteiger partial charge in [0.25, 0.3) is 0 Å². The number of nitrogens with one attached hydrogen (secondary N) is 3. The second-order valence-corrected chi connectivity index (χ2v) is 10.9. The fraction of sp³-hybridized carbons (Fsp3) is 0.905. The van der Waals surface area contributed by atoms with Gasteiger partial charge in [-0.3, -0.25) is 9.59 Å². The summed E-state index contributed by atoms with van der Waals surface area (Å²) in [5, 5.41) is 8.99. The summed E-state index contributed by atoms with van der Waals surface area (Å²) in [6.45, 7) is -1.95. The minimum atomic E-state index is -2.76. The summed E-state index contributed by atoms with van der Waals surface area (Å²) in [7, 11) is 0. The molecule has 5 unspecified atom stereocenters. The van der Waals surface area contributed by atoms with Gasteiger partial charge in [0.2, 0.25) is 11.8 Å². The quantitative estimate of drug-likeness (QED) is 0.425. The van der Waals surface area contributed by atoms with Crippen LogP contribution in [0.5, 0.6) is 0 Å². The Bertz CT molecular complexity index is 689. The van der Waals surface area contributed by atoms with Crippen molar-refractivity contribution in [2.24, 2.45) is 5.41 Å². The zero-order valence-corrected chi connectivity index (χ0v) is 19.4. The Hall–Kier alpha value is -0.740. The van der Waals surface area contributed by atoms with Crippen molar-refractivity contribution in [1.82, 2.24) is 16.0 Å². The number of hydrogen-bond donors (Lipinski definition) is 3. The molecule has 0 aromatic rings. The molecular weight excluding hydrogens is 467 g/mol. The number of rotatable bonds is 9. The lowest BCUT2D eigenvalue weighted by Crippen LogP contribution is -2.78. The van der Waals surface area contributed by atoms with Gasteiger partial charge in [0.1, 0.15) is 6.61 Å². The van der Waals surface area contributed by atoms with Crippen LogP contribution in [-0.4, -0.2) is 72.7 Å². The van der Waals surface area contributed by atoms with E-state index in [1.807, 2.05) is 0 Å². The van der Waals surface area contributed by atoms with Crippen molar-refractivity contribution in [3.63, 3.8) is 0 Å². The van der Waals surface area contributed by atoms with Crippen LogP contribution in [0.3, 0.4) is 0 Å². The summed E-state index contributed by atoms with van der Waals surface area (Å²) in [5.41, 5.74) is -0.682. The van der Waals surface area contributed by atoms with E-state index in [9.17, 15) is 18.4 Å². The van der Waals surface area contributed by atoms with Crippen LogP contribution in [0.4, 0.5) is 8.78 Å². The number of carbonyl (C=O) groups is 2. The highest BCUT2D eigenvalue weighted by Gasteiger charge is 2.72. The predicted molar refractivity (Wildman–Crippen MR) is 115 cm³/mol. The third kappa shape index (κ3) is 5.49. The molecule has 0 spiro atoms. The van der Waals surface area contributed by atoms with Gasteiger partial charge in [0.05, 0.1) is 28.4 Å². The number of hydrogen-bond acceptors (Lipinski definition) is 5. The highest BCUT2D eigenvalue weighted by Crippen LogP contribution is 2.67. The van der Waals surface area contributed by atoms with Crippen molar-refractivity contribution < 1.29 is 27.8 Å². The Morgan fingerprint density at radius 1 is 1.06 bits per heavy atom. The molecule has 4 aliphatic carbocycles. The highest BCUT2D eigenvalue weighted by molar-refractivity contribution is 6.30. The maximum Gasteiger partial charge on any atom is 0.345 e. The third-order valence-electron chi connectivity index (χ3n) is 7.29. The summed E-state index contributed by atoms with van der Waals surface area (Å²) < 4.78 is 34.8. The first-order valence-corrected chi connectivity index (χ1v) is 12.2. The zero-order valence-electron chi connectivity index (χ0n) is 17.9. The third-order valence-corrected chi connectivity index (χ3v) is 8.42. The van der Waals surface area contributed by atoms with E-state index in [0.717, 1.165) is 12.8 Å². The smallest absolute Gasteiger partial charge is 0.345 e. The molecule has 0 aromatic carbocycles. The van der Waals surface area contributed by atoms with Crippen LogP contribution in [0.1, 0.15) is 51.4 Å². The van der Waals surface area contributed by atoms with Gasteiger partial charge < -0.3 is 25.4 Å². The summed E-state index contributed by atoms with van der Waals surface area (Å²) >= 11 is 12.3. The number of carbonyl (C=O) groups excluding carboxylic acids is 2. The second kappa shape index (κ2) is 9.86. The van der Waals surface area contributed by atoms with Gasteiger partial charge in [-0.25, -0.2) is 0 Å². The van der Waals surface area contributed by atoms with E-state index in [-0.39, 0.29) is 46.9 Å². The minimum Gasteiger partial charge on any atom is -0.368 e. The van der Waals surface area contributed by atoms with Crippen LogP contribution >= 0.6 is 23.2 Å². The van der Waals surface area contributed by atoms with E-state index in [4.69, 9.17) is 27.9 Å². The molecule has 182 valence electrons. The molecule has 4 saturated carbocycles. The Balaban J connectivity index is 1.10. The Kier molecular flexibility index (Phi) is 7.51. The maximum atomic E-state index is 12.6. The van der Waals surface area contributed by atoms with Crippen molar-refractivity contribution in [3.05, 3.63) is 0 Å². The molecule has 2 amide bonds. The highest BCUT2D eigenvalue weighted by atomic mass is 35.5. The number of piperidine rings is 1. The molecule has 0 aromatic heterocycles. The first-order valence-electron chi connectivity index (χ1n) is 11.3. The van der Waals surface area contributed by atoms with Crippen molar-refractivity contribution in [3.8, 4) is 0 Å². The van der Waals surface area contributed by atoms with Crippen molar-refractivity contribution in [1.29, 1.82) is 0 Å². The molecular formula is C21H31Cl2F2N3O4. The number of halogens is 4. The molecule has 1 aliphatic heterocycles. The van der Waals surface area contributed by atoms with Gasteiger partial charge in [0.15, 0.2) is 0 Å². The van der Waals surface area contributed by atoms with Gasteiger partial charge in [-0.2, -0.15) is 8.78 Å². The molecule has 32 heavy (non-hydrogen) atoms. The molecule has 3 N–H and O–H groups in total. The summed E-state index contributed by atoms with van der Waals surface area (Å²) in [5.74, 6) is -0.159. The Morgan fingerprint density at radius 3 is 2.41 bits per heavy atom. The molecule has 5 atom stereocenters. The molecule has 5 rings (SSSR count). The first-order chi connectivity index (χ1) is 15.2. The minimum absolute atomic E-state index is 0.00335. The lowest BCUT2D eigenvalue weighted by Gasteiger charge is -2.69. The number of ether oxygens (including phenoxy) is 2. The standard InChI is InChI=1S/C21H31Cl2F2N3O4/c22-15-4-3-13(5-16(15)23)31-8-17(29)28-21-9-20(10-21,11-21)18(30)27-6-12-1-2-14(7-26-12)32-19(24)25/h12-16,19,26H,1-11H2,(H,27,30)(H,28,29). The van der Waals surface area contributed by atoms with Crippen LogP contribution < -0.4 is 16.0 Å². The van der Waals surface area contributed by atoms with E-state index in [2.05, 4.69) is 20.7 Å². The van der Waals surface area contributed by atoms with Crippen molar-refractivity contribution >= 4 is 35.0 Å². The second-order valence-electron chi connectivity index (χ2n) is 9.83. The largest absolute Gasteiger partial charge is 0.368 e. The van der Waals surface area contributed by atoms with Crippen molar-refractivity contribution in [2.45, 2.75) is 92.5 Å². The molecule has 1 saturated heterocycles. The average molecular weight is 498 g/mol. The fourth-order valence-electron chi connectivity index (χ4n) is 5.61. The number of amides is 2. The fourth-order valence-corrected chi connectivity index (χ4v) is 6.16. The van der Waals surface area contributed by atoms with Crippen LogP contribution in [0, 0.1) is 5.41 Å². The molecule has 11 heteroatoms. The van der Waals surface area contributed by atoms with Crippen molar-refractivity contribution in [2.75, 3.05) is 19.7 Å². The SMILES string of the molecule is O=C(COC1CCC(Cl)C(Cl)C1)NC12CC(C(=O)NCC3CCC(OC(F)F)CN3)(C1)C2. The van der Waals surface area contributed by atoms with Gasteiger partial charge >= 0.3 is 6.61 Å². The summed E-state index contributed by atoms with van der Waals surface area (Å²) in [6.07, 6.45) is 4.82. The van der Waals surface area contributed by atoms with E-state index in [1.54, 1.807) is 0 Å². The zero-order chi connectivity index (χ0) is 22.9. The van der Waals surface area contributed by atoms with Crippen LogP contribution in [0.25, 0.3) is 0 Å². The van der Waals surface area contributed by atoms with Crippen LogP contribution in [0.15, 0.2) is 0 Å². The average Bonchev–Trinajstić information content (AvgIpc) is 2.69. The molecule has 1 heterocycles. The maximum absolute atomic E-state index is 12.6. The molecule has 7 nitrogen and oxygen atoms in total. The lowest BCUT2D eigenvalue weighted by molar-refractivity contribution is -0.185. The number of alkyl halides is 4. The Labute approximate surface area is 196 Å². The summed E-state index contributed by atoms with van der Waals surface area (Å²) in [4.78, 5) is 24.9. The van der Waals surface area contributed by atoms with Gasteiger partial charge in [-0.1, -0.05) is 0 Å².